The minimum Gasteiger partial charge on any atom is -0.370 e. The molecule has 2 amide bonds. The number of likely N-dealkylation sites (tertiary alicyclic amines) is 2. The number of carbonyl (C=O) groups excluding carboxylic acids is 2. The minimum absolute atomic E-state index is 0.0519. The number of aromatic amines is 1. The normalized spacial score (nSPS) is 22.4. The second-order valence-corrected chi connectivity index (χ2v) is 13.7. The van der Waals surface area contributed by atoms with Gasteiger partial charge in [-0.25, -0.2) is 4.98 Å². The predicted molar refractivity (Wildman–Crippen MR) is 188 cm³/mol. The number of imidazole rings is 1. The van der Waals surface area contributed by atoms with Crippen LogP contribution >= 0.6 is 0 Å². The summed E-state index contributed by atoms with van der Waals surface area (Å²) in [5.41, 5.74) is 4.94. The topological polar surface area (TPSA) is 100 Å². The Morgan fingerprint density at radius 3 is 1.92 bits per heavy atom. The molecule has 7 rings (SSSR count). The van der Waals surface area contributed by atoms with E-state index in [-0.39, 0.29) is 42.0 Å². The second-order valence-electron chi connectivity index (χ2n) is 13.7. The Kier molecular flexibility index (Phi) is 9.02. The number of likely N-dealkylation sites (N-methyl/N-ethyl adjacent to an activating group) is 2. The van der Waals surface area contributed by atoms with Crippen molar-refractivity contribution in [3.8, 4) is 0 Å². The molecule has 2 saturated heterocycles. The SMILES string of the molecule is CN(C)C(C(=O)N1CCC[C@H]1C1=NC(c2ccc3nc([C@@H]4CCCN4C(=O)C(c4ccccc4)N(C)C)[nH]c3c2)CN1)c1ccccc1. The first-order chi connectivity index (χ1) is 23.3. The van der Waals surface area contributed by atoms with Crippen LogP contribution < -0.4 is 5.32 Å². The zero-order chi connectivity index (χ0) is 33.4. The number of nitrogens with zero attached hydrogens (tertiary/aromatic N) is 6. The van der Waals surface area contributed by atoms with E-state index in [9.17, 15) is 9.59 Å². The van der Waals surface area contributed by atoms with Gasteiger partial charge in [-0.2, -0.15) is 0 Å². The van der Waals surface area contributed by atoms with Crippen molar-refractivity contribution < 1.29 is 9.59 Å². The van der Waals surface area contributed by atoms with Crippen LogP contribution in [0, 0.1) is 0 Å². The molecule has 3 aromatic carbocycles. The standard InChI is InChI=1S/C38H46N8O2/c1-43(2)33(25-13-7-5-8-14-25)37(47)45-21-11-17-31(45)35-39-24-30(42-35)27-19-20-28-29(23-27)41-36(40-28)32-18-12-22-46(32)38(48)34(44(3)4)26-15-9-6-10-16-26/h5-10,13-16,19-20,23,30-34H,11-12,17-18,21-22,24H2,1-4H3,(H,39,42)(H,40,41)/t30?,31-,32-,33?,34?/m0/s1. The summed E-state index contributed by atoms with van der Waals surface area (Å²) in [7, 11) is 7.85. The molecule has 0 spiro atoms. The van der Waals surface area contributed by atoms with Gasteiger partial charge in [0.15, 0.2) is 0 Å². The number of nitrogens with one attached hydrogen (secondary N) is 2. The molecular weight excluding hydrogens is 600 g/mol. The Bertz CT molecular complexity index is 1790. The van der Waals surface area contributed by atoms with Gasteiger partial charge in [0.25, 0.3) is 0 Å². The van der Waals surface area contributed by atoms with Gasteiger partial charge in [0.2, 0.25) is 11.8 Å². The number of amidine groups is 1. The van der Waals surface area contributed by atoms with Crippen LogP contribution in [-0.2, 0) is 9.59 Å². The molecule has 250 valence electrons. The lowest BCUT2D eigenvalue weighted by Gasteiger charge is -2.32. The molecule has 2 N–H and O–H groups in total. The first kappa shape index (κ1) is 32.0. The fourth-order valence-electron chi connectivity index (χ4n) is 7.81. The molecule has 3 aliphatic rings. The molecule has 10 nitrogen and oxygen atoms in total. The van der Waals surface area contributed by atoms with Crippen molar-refractivity contribution in [2.24, 2.45) is 4.99 Å². The summed E-state index contributed by atoms with van der Waals surface area (Å²) in [5.74, 6) is 1.96. The van der Waals surface area contributed by atoms with Crippen molar-refractivity contribution in [1.82, 2.24) is 34.9 Å². The van der Waals surface area contributed by atoms with Gasteiger partial charge in [0.05, 0.1) is 29.2 Å². The Hall–Kier alpha value is -4.54. The number of aliphatic imine (C=N–C) groups is 1. The summed E-state index contributed by atoms with van der Waals surface area (Å²) in [6, 6.07) is 25.4. The van der Waals surface area contributed by atoms with Crippen LogP contribution in [0.15, 0.2) is 83.9 Å². The van der Waals surface area contributed by atoms with Gasteiger partial charge in [-0.1, -0.05) is 66.7 Å². The van der Waals surface area contributed by atoms with E-state index in [4.69, 9.17) is 9.98 Å². The van der Waals surface area contributed by atoms with E-state index in [1.54, 1.807) is 0 Å². The maximum atomic E-state index is 14.0. The van der Waals surface area contributed by atoms with E-state index < -0.39 is 0 Å². The number of fused-ring (bicyclic) bond motifs is 1. The van der Waals surface area contributed by atoms with E-state index in [1.807, 2.05) is 108 Å². The first-order valence-corrected chi connectivity index (χ1v) is 17.1. The van der Waals surface area contributed by atoms with E-state index in [1.165, 1.54) is 0 Å². The number of rotatable bonds is 9. The molecule has 4 aromatic rings. The quantitative estimate of drug-likeness (QED) is 0.269. The van der Waals surface area contributed by atoms with Crippen LogP contribution in [0.3, 0.4) is 0 Å². The summed E-state index contributed by atoms with van der Waals surface area (Å²) in [5, 5.41) is 3.56. The predicted octanol–water partition coefficient (Wildman–Crippen LogP) is 4.87. The lowest BCUT2D eigenvalue weighted by Crippen LogP contribution is -2.48. The Morgan fingerprint density at radius 2 is 1.33 bits per heavy atom. The van der Waals surface area contributed by atoms with Gasteiger partial charge in [0, 0.05) is 19.6 Å². The molecule has 10 heteroatoms. The van der Waals surface area contributed by atoms with Gasteiger partial charge in [-0.15, -0.1) is 0 Å². The Morgan fingerprint density at radius 1 is 0.771 bits per heavy atom. The monoisotopic (exact) mass is 646 g/mol. The van der Waals surface area contributed by atoms with Crippen LogP contribution in [-0.4, -0.2) is 101 Å². The fourth-order valence-corrected chi connectivity index (χ4v) is 7.81. The zero-order valence-electron chi connectivity index (χ0n) is 28.3. The highest BCUT2D eigenvalue weighted by Crippen LogP contribution is 2.36. The zero-order valence-corrected chi connectivity index (χ0v) is 28.3. The second kappa shape index (κ2) is 13.5. The molecule has 0 radical (unpaired) electrons. The Labute approximate surface area is 282 Å². The average molecular weight is 647 g/mol. The highest BCUT2D eigenvalue weighted by atomic mass is 16.2. The molecular formula is C38H46N8O2. The van der Waals surface area contributed by atoms with Crippen molar-refractivity contribution in [1.29, 1.82) is 0 Å². The maximum absolute atomic E-state index is 14.0. The molecule has 0 aliphatic carbocycles. The van der Waals surface area contributed by atoms with Gasteiger partial charge >= 0.3 is 0 Å². The van der Waals surface area contributed by atoms with Gasteiger partial charge < -0.3 is 20.1 Å². The summed E-state index contributed by atoms with van der Waals surface area (Å²) in [6.45, 7) is 2.14. The van der Waals surface area contributed by atoms with Crippen molar-refractivity contribution in [2.45, 2.75) is 55.9 Å². The van der Waals surface area contributed by atoms with Crippen LogP contribution in [0.25, 0.3) is 11.0 Å². The van der Waals surface area contributed by atoms with E-state index >= 15 is 0 Å². The summed E-state index contributed by atoms with van der Waals surface area (Å²) in [4.78, 5) is 49.6. The highest BCUT2D eigenvalue weighted by Gasteiger charge is 2.40. The number of H-pyrrole nitrogens is 1. The van der Waals surface area contributed by atoms with Crippen molar-refractivity contribution in [2.75, 3.05) is 47.8 Å². The third-order valence-corrected chi connectivity index (χ3v) is 10.1. The molecule has 5 atom stereocenters. The van der Waals surface area contributed by atoms with Crippen LogP contribution in [0.5, 0.6) is 0 Å². The number of benzene rings is 3. The lowest BCUT2D eigenvalue weighted by atomic mass is 10.0. The van der Waals surface area contributed by atoms with Crippen LogP contribution in [0.4, 0.5) is 0 Å². The molecule has 4 heterocycles. The highest BCUT2D eigenvalue weighted by molar-refractivity contribution is 5.95. The number of amides is 2. The number of carbonyl (C=O) groups is 2. The summed E-state index contributed by atoms with van der Waals surface area (Å²) >= 11 is 0. The molecule has 3 unspecified atom stereocenters. The molecule has 1 aromatic heterocycles. The summed E-state index contributed by atoms with van der Waals surface area (Å²) < 4.78 is 0. The van der Waals surface area contributed by atoms with Crippen molar-refractivity contribution >= 4 is 28.7 Å². The Balaban J connectivity index is 1.09. The third-order valence-electron chi connectivity index (χ3n) is 10.1. The first-order valence-electron chi connectivity index (χ1n) is 17.1. The minimum atomic E-state index is -0.345. The van der Waals surface area contributed by atoms with Gasteiger partial charge in [0.1, 0.15) is 23.7 Å². The van der Waals surface area contributed by atoms with Crippen LogP contribution in [0.1, 0.15) is 72.4 Å². The molecule has 3 aliphatic heterocycles. The molecule has 0 bridgehead atoms. The molecule has 48 heavy (non-hydrogen) atoms. The third kappa shape index (κ3) is 6.10. The fraction of sp³-hybridized carbons (Fsp3) is 0.421. The number of hydrogen-bond acceptors (Lipinski definition) is 7. The smallest absolute Gasteiger partial charge is 0.245 e. The van der Waals surface area contributed by atoms with Crippen LogP contribution in [0.2, 0.25) is 0 Å². The number of hydrogen-bond donors (Lipinski definition) is 2. The van der Waals surface area contributed by atoms with Gasteiger partial charge in [-0.05, 0) is 82.7 Å². The molecule has 2 fully saturated rings. The number of aromatic nitrogens is 2. The van der Waals surface area contributed by atoms with E-state index in [2.05, 4.69) is 28.5 Å². The maximum Gasteiger partial charge on any atom is 0.245 e. The van der Waals surface area contributed by atoms with Crippen molar-refractivity contribution in [3.05, 3.63) is 101 Å². The van der Waals surface area contributed by atoms with E-state index in [0.717, 1.165) is 78.2 Å². The van der Waals surface area contributed by atoms with Crippen molar-refractivity contribution in [3.63, 3.8) is 0 Å². The average Bonchev–Trinajstić information content (AvgIpc) is 3.91. The van der Waals surface area contributed by atoms with Gasteiger partial charge in [-0.3, -0.25) is 24.4 Å². The lowest BCUT2D eigenvalue weighted by molar-refractivity contribution is -0.137. The largest absolute Gasteiger partial charge is 0.370 e. The molecule has 0 saturated carbocycles. The van der Waals surface area contributed by atoms with E-state index in [0.29, 0.717) is 6.54 Å². The summed E-state index contributed by atoms with van der Waals surface area (Å²) in [6.07, 6.45) is 3.68.